The van der Waals surface area contributed by atoms with Crippen molar-refractivity contribution in [1.29, 1.82) is 0 Å². The molecular formula is C19H19F6N5O3. The molecule has 2 saturated heterocycles. The molecule has 1 spiro atoms. The molecule has 33 heavy (non-hydrogen) atoms. The van der Waals surface area contributed by atoms with E-state index in [9.17, 15) is 35.9 Å². The van der Waals surface area contributed by atoms with Gasteiger partial charge in [-0.3, -0.25) is 9.78 Å². The van der Waals surface area contributed by atoms with Gasteiger partial charge in [0.1, 0.15) is 5.69 Å². The Kier molecular flexibility index (Phi) is 5.65. The second kappa shape index (κ2) is 8.06. The molecular weight excluding hydrogens is 460 g/mol. The average molecular weight is 479 g/mol. The van der Waals surface area contributed by atoms with Gasteiger partial charge < -0.3 is 18.9 Å². The van der Waals surface area contributed by atoms with Crippen molar-refractivity contribution in [1.82, 2.24) is 24.2 Å². The molecule has 2 aliphatic heterocycles. The molecule has 2 aliphatic rings. The van der Waals surface area contributed by atoms with Gasteiger partial charge in [-0.15, -0.1) is 0 Å². The molecule has 2 fully saturated rings. The molecule has 4 heterocycles. The van der Waals surface area contributed by atoms with Crippen LogP contribution in [0.1, 0.15) is 36.2 Å². The van der Waals surface area contributed by atoms with Crippen LogP contribution in [0.5, 0.6) is 0 Å². The van der Waals surface area contributed by atoms with Gasteiger partial charge in [-0.25, -0.2) is 9.78 Å². The van der Waals surface area contributed by atoms with Gasteiger partial charge in [-0.05, 0) is 25.7 Å². The third-order valence-electron chi connectivity index (χ3n) is 6.09. The summed E-state index contributed by atoms with van der Waals surface area (Å²) in [6.45, 7) is 0.153. The maximum atomic E-state index is 13.1. The molecule has 4 rings (SSSR count). The van der Waals surface area contributed by atoms with Crippen molar-refractivity contribution in [2.24, 2.45) is 0 Å². The van der Waals surface area contributed by atoms with E-state index in [-0.39, 0.29) is 37.5 Å². The minimum absolute atomic E-state index is 0.139. The van der Waals surface area contributed by atoms with E-state index in [0.717, 1.165) is 4.90 Å². The summed E-state index contributed by atoms with van der Waals surface area (Å²) in [5.74, 6) is -0.332. The highest BCUT2D eigenvalue weighted by Crippen LogP contribution is 2.40. The van der Waals surface area contributed by atoms with Crippen molar-refractivity contribution in [3.63, 3.8) is 0 Å². The molecule has 0 saturated carbocycles. The van der Waals surface area contributed by atoms with Crippen LogP contribution in [0, 0.1) is 0 Å². The number of piperidine rings is 1. The fourth-order valence-electron chi connectivity index (χ4n) is 4.46. The van der Waals surface area contributed by atoms with Crippen LogP contribution in [0.2, 0.25) is 0 Å². The molecule has 2 aromatic heterocycles. The van der Waals surface area contributed by atoms with Crippen LogP contribution in [0.3, 0.4) is 0 Å². The molecule has 2 amide bonds. The standard InChI is InChI=1S/C19H19F6N5O3/c20-18(21,22)15(19(23,24)25)33-16(32)28-7-3-17(4-8-28)2-1-6-30(17)14(31)12-11-29-9-5-26-10-13(29)27-12/h5,9-11,15H,1-4,6-8H2. The highest BCUT2D eigenvalue weighted by molar-refractivity contribution is 5.93. The molecule has 0 radical (unpaired) electrons. The molecule has 0 bridgehead atoms. The highest BCUT2D eigenvalue weighted by Gasteiger charge is 2.60. The van der Waals surface area contributed by atoms with Gasteiger partial charge in [0.05, 0.1) is 6.20 Å². The number of hydrogen-bond donors (Lipinski definition) is 0. The van der Waals surface area contributed by atoms with Gasteiger partial charge in [0.15, 0.2) is 5.65 Å². The van der Waals surface area contributed by atoms with Crippen LogP contribution in [-0.4, -0.2) is 79.8 Å². The summed E-state index contributed by atoms with van der Waals surface area (Å²) in [4.78, 5) is 35.9. The van der Waals surface area contributed by atoms with E-state index < -0.39 is 30.1 Å². The molecule has 0 unspecified atom stereocenters. The lowest BCUT2D eigenvalue weighted by atomic mass is 9.85. The number of ether oxygens (including phenoxy) is 1. The number of rotatable bonds is 2. The third-order valence-corrected chi connectivity index (χ3v) is 6.09. The maximum absolute atomic E-state index is 13.1. The molecule has 0 aliphatic carbocycles. The average Bonchev–Trinajstić information content (AvgIpc) is 3.34. The summed E-state index contributed by atoms with van der Waals surface area (Å²) in [6.07, 6.45) is -9.52. The Hall–Kier alpha value is -3.06. The smallest absolute Gasteiger partial charge is 0.426 e. The largest absolute Gasteiger partial charge is 0.434 e. The van der Waals surface area contributed by atoms with E-state index in [4.69, 9.17) is 0 Å². The van der Waals surface area contributed by atoms with Crippen LogP contribution >= 0.6 is 0 Å². The van der Waals surface area contributed by atoms with E-state index in [1.54, 1.807) is 21.7 Å². The summed E-state index contributed by atoms with van der Waals surface area (Å²) in [5.41, 5.74) is 0.0231. The summed E-state index contributed by atoms with van der Waals surface area (Å²) >= 11 is 0. The van der Waals surface area contributed by atoms with Crippen molar-refractivity contribution in [2.75, 3.05) is 19.6 Å². The molecule has 8 nitrogen and oxygen atoms in total. The second-order valence-electron chi connectivity index (χ2n) is 8.09. The molecule has 0 N–H and O–H groups in total. The van der Waals surface area contributed by atoms with Crippen LogP contribution in [-0.2, 0) is 4.74 Å². The fraction of sp³-hybridized carbons (Fsp3) is 0.579. The van der Waals surface area contributed by atoms with Gasteiger partial charge in [-0.2, -0.15) is 26.3 Å². The number of imidazole rings is 1. The molecule has 180 valence electrons. The van der Waals surface area contributed by atoms with Crippen LogP contribution in [0.15, 0.2) is 24.8 Å². The van der Waals surface area contributed by atoms with Crippen molar-refractivity contribution in [3.05, 3.63) is 30.5 Å². The number of amides is 2. The normalized spacial score (nSPS) is 19.0. The van der Waals surface area contributed by atoms with E-state index >= 15 is 0 Å². The maximum Gasteiger partial charge on any atom is 0.434 e. The minimum atomic E-state index is -5.77. The number of alkyl halides is 6. The molecule has 14 heteroatoms. The zero-order chi connectivity index (χ0) is 24.0. The van der Waals surface area contributed by atoms with Crippen molar-refractivity contribution in [2.45, 2.75) is 49.7 Å². The Bertz CT molecular complexity index is 997. The number of fused-ring (bicyclic) bond motifs is 1. The first kappa shape index (κ1) is 23.1. The van der Waals surface area contributed by atoms with Crippen molar-refractivity contribution < 1.29 is 40.7 Å². The molecule has 2 aromatic rings. The Balaban J connectivity index is 1.44. The van der Waals surface area contributed by atoms with E-state index in [1.165, 1.54) is 12.4 Å². The van der Waals surface area contributed by atoms with E-state index in [0.29, 0.717) is 25.0 Å². The van der Waals surface area contributed by atoms with Gasteiger partial charge in [0.25, 0.3) is 12.0 Å². The number of nitrogens with zero attached hydrogens (tertiary/aromatic N) is 5. The monoisotopic (exact) mass is 479 g/mol. The Morgan fingerprint density at radius 3 is 2.30 bits per heavy atom. The number of carbonyl (C=O) groups is 2. The first-order valence-electron chi connectivity index (χ1n) is 10.1. The zero-order valence-corrected chi connectivity index (χ0v) is 17.1. The molecule has 0 aromatic carbocycles. The number of halogens is 6. The Labute approximate surface area is 183 Å². The van der Waals surface area contributed by atoms with Crippen molar-refractivity contribution in [3.8, 4) is 0 Å². The van der Waals surface area contributed by atoms with Crippen molar-refractivity contribution >= 4 is 17.6 Å². The Morgan fingerprint density at radius 2 is 1.70 bits per heavy atom. The fourth-order valence-corrected chi connectivity index (χ4v) is 4.46. The van der Waals surface area contributed by atoms with Gasteiger partial charge in [0, 0.05) is 43.8 Å². The minimum Gasteiger partial charge on any atom is -0.426 e. The zero-order valence-electron chi connectivity index (χ0n) is 17.1. The first-order chi connectivity index (χ1) is 15.4. The number of carbonyl (C=O) groups excluding carboxylic acids is 2. The predicted octanol–water partition coefficient (Wildman–Crippen LogP) is 3.43. The third kappa shape index (κ3) is 4.42. The predicted molar refractivity (Wildman–Crippen MR) is 99.2 cm³/mol. The second-order valence-corrected chi connectivity index (χ2v) is 8.09. The lowest BCUT2D eigenvalue weighted by Gasteiger charge is -2.44. The lowest BCUT2D eigenvalue weighted by Crippen LogP contribution is -2.56. The summed E-state index contributed by atoms with van der Waals surface area (Å²) < 4.78 is 81.6. The van der Waals surface area contributed by atoms with Gasteiger partial charge in [0.2, 0.25) is 0 Å². The summed E-state index contributed by atoms with van der Waals surface area (Å²) in [5, 5.41) is 0. The van der Waals surface area contributed by atoms with E-state index in [1.807, 2.05) is 0 Å². The lowest BCUT2D eigenvalue weighted by molar-refractivity contribution is -0.308. The van der Waals surface area contributed by atoms with Crippen LogP contribution < -0.4 is 0 Å². The first-order valence-corrected chi connectivity index (χ1v) is 10.1. The van der Waals surface area contributed by atoms with Crippen LogP contribution in [0.25, 0.3) is 5.65 Å². The number of likely N-dealkylation sites (tertiary alicyclic amines) is 2. The SMILES string of the molecule is O=C(OC(C(F)(F)F)C(F)(F)F)N1CCC2(CCCN2C(=O)c2cn3ccncc3n2)CC1. The van der Waals surface area contributed by atoms with Gasteiger partial charge >= 0.3 is 18.4 Å². The van der Waals surface area contributed by atoms with Gasteiger partial charge in [-0.1, -0.05) is 0 Å². The highest BCUT2D eigenvalue weighted by atomic mass is 19.4. The molecule has 0 atom stereocenters. The van der Waals surface area contributed by atoms with Crippen LogP contribution in [0.4, 0.5) is 31.1 Å². The topological polar surface area (TPSA) is 80.0 Å². The number of hydrogen-bond acceptors (Lipinski definition) is 5. The summed E-state index contributed by atoms with van der Waals surface area (Å²) in [6, 6.07) is 0. The number of aromatic nitrogens is 3. The summed E-state index contributed by atoms with van der Waals surface area (Å²) in [7, 11) is 0. The quantitative estimate of drug-likeness (QED) is 0.617. The Morgan fingerprint density at radius 1 is 1.03 bits per heavy atom. The van der Waals surface area contributed by atoms with E-state index in [2.05, 4.69) is 14.7 Å².